The molecule has 1 fully saturated rings. The van der Waals surface area contributed by atoms with Gasteiger partial charge in [-0.1, -0.05) is 0 Å². The van der Waals surface area contributed by atoms with Crippen LogP contribution in [0.15, 0.2) is 34.6 Å². The molecule has 0 bridgehead atoms. The maximum Gasteiger partial charge on any atom is 0.262 e. The monoisotopic (exact) mass is 297 g/mol. The average molecular weight is 297 g/mol. The van der Waals surface area contributed by atoms with Gasteiger partial charge in [-0.25, -0.2) is 18.4 Å². The fourth-order valence-corrected chi connectivity index (χ4v) is 3.83. The second-order valence-electron chi connectivity index (χ2n) is 4.88. The van der Waals surface area contributed by atoms with E-state index in [1.807, 2.05) is 0 Å². The number of oxazole rings is 1. The van der Waals surface area contributed by atoms with Crippen LogP contribution in [0, 0.1) is 0 Å². The zero-order valence-electron chi connectivity index (χ0n) is 10.9. The van der Waals surface area contributed by atoms with E-state index in [9.17, 15) is 8.42 Å². The van der Waals surface area contributed by atoms with Crippen LogP contribution in [-0.2, 0) is 17.1 Å². The maximum atomic E-state index is 12.5. The van der Waals surface area contributed by atoms with Gasteiger partial charge in [-0.05, 0) is 0 Å². The molecular weight excluding hydrogens is 282 g/mol. The van der Waals surface area contributed by atoms with Crippen molar-refractivity contribution >= 4 is 10.0 Å². The number of hydrogen-bond acceptors (Lipinski definition) is 6. The predicted octanol–water partition coefficient (Wildman–Crippen LogP) is -0.476. The van der Waals surface area contributed by atoms with Gasteiger partial charge in [-0.2, -0.15) is 4.31 Å². The highest BCUT2D eigenvalue weighted by atomic mass is 32.2. The second-order valence-corrected chi connectivity index (χ2v) is 6.77. The molecule has 2 atom stereocenters. The van der Waals surface area contributed by atoms with Gasteiger partial charge in [-0.15, -0.1) is 0 Å². The summed E-state index contributed by atoms with van der Waals surface area (Å²) < 4.78 is 32.8. The van der Waals surface area contributed by atoms with Gasteiger partial charge in [0.2, 0.25) is 0 Å². The minimum absolute atomic E-state index is 0.0352. The van der Waals surface area contributed by atoms with E-state index in [-0.39, 0.29) is 30.1 Å². The molecular formula is C11H15N5O3S. The van der Waals surface area contributed by atoms with E-state index in [0.717, 1.165) is 0 Å². The summed E-state index contributed by atoms with van der Waals surface area (Å²) >= 11 is 0. The molecule has 2 N–H and O–H groups in total. The van der Waals surface area contributed by atoms with E-state index in [1.54, 1.807) is 11.6 Å². The molecule has 108 valence electrons. The standard InChI is InChI=1S/C11H15N5O3S/c1-15-4-11(13-6-15)20(17,18)16-2-8(9(12)3-16)10-5-19-7-14-10/h4-9H,2-3,12H2,1H3. The largest absolute Gasteiger partial charge is 0.451 e. The molecule has 0 radical (unpaired) electrons. The quantitative estimate of drug-likeness (QED) is 0.820. The molecule has 0 saturated carbocycles. The summed E-state index contributed by atoms with van der Waals surface area (Å²) in [5.41, 5.74) is 6.70. The first-order chi connectivity index (χ1) is 9.48. The fraction of sp³-hybridized carbons (Fsp3) is 0.455. The molecule has 2 unspecified atom stereocenters. The summed E-state index contributed by atoms with van der Waals surface area (Å²) in [4.78, 5) is 7.96. The van der Waals surface area contributed by atoms with Gasteiger partial charge < -0.3 is 14.7 Å². The van der Waals surface area contributed by atoms with Crippen molar-refractivity contribution in [3.8, 4) is 0 Å². The van der Waals surface area contributed by atoms with E-state index in [2.05, 4.69) is 9.97 Å². The van der Waals surface area contributed by atoms with Crippen LogP contribution in [0.4, 0.5) is 0 Å². The molecule has 3 heterocycles. The zero-order valence-corrected chi connectivity index (χ0v) is 11.7. The van der Waals surface area contributed by atoms with Crippen LogP contribution >= 0.6 is 0 Å². The lowest BCUT2D eigenvalue weighted by Crippen LogP contribution is -2.32. The molecule has 8 nitrogen and oxygen atoms in total. The number of hydrogen-bond donors (Lipinski definition) is 1. The van der Waals surface area contributed by atoms with Crippen molar-refractivity contribution < 1.29 is 12.8 Å². The first-order valence-corrected chi connectivity index (χ1v) is 7.54. The van der Waals surface area contributed by atoms with Crippen LogP contribution in [0.3, 0.4) is 0 Å². The highest BCUT2D eigenvalue weighted by molar-refractivity contribution is 7.89. The molecule has 1 saturated heterocycles. The molecule has 9 heteroatoms. The van der Waals surface area contributed by atoms with Crippen molar-refractivity contribution in [2.45, 2.75) is 17.0 Å². The van der Waals surface area contributed by atoms with Gasteiger partial charge in [0.05, 0.1) is 12.0 Å². The Labute approximate surface area is 116 Å². The van der Waals surface area contributed by atoms with Gasteiger partial charge in [0.15, 0.2) is 11.4 Å². The van der Waals surface area contributed by atoms with Gasteiger partial charge >= 0.3 is 0 Å². The number of nitrogens with two attached hydrogens (primary N) is 1. The molecule has 20 heavy (non-hydrogen) atoms. The van der Waals surface area contributed by atoms with Crippen LogP contribution in [0.1, 0.15) is 11.6 Å². The predicted molar refractivity (Wildman–Crippen MR) is 69.2 cm³/mol. The molecule has 0 aliphatic carbocycles. The Balaban J connectivity index is 1.86. The molecule has 0 spiro atoms. The number of aromatic nitrogens is 3. The third-order valence-electron chi connectivity index (χ3n) is 3.45. The molecule has 2 aromatic rings. The third kappa shape index (κ3) is 2.13. The molecule has 0 amide bonds. The van der Waals surface area contributed by atoms with E-state index in [0.29, 0.717) is 5.69 Å². The van der Waals surface area contributed by atoms with Crippen molar-refractivity contribution in [1.82, 2.24) is 18.8 Å². The van der Waals surface area contributed by atoms with Crippen molar-refractivity contribution in [1.29, 1.82) is 0 Å². The van der Waals surface area contributed by atoms with Crippen LogP contribution in [0.25, 0.3) is 0 Å². The Morgan fingerprint density at radius 1 is 1.40 bits per heavy atom. The van der Waals surface area contributed by atoms with Gasteiger partial charge in [0.1, 0.15) is 6.26 Å². The van der Waals surface area contributed by atoms with Crippen LogP contribution in [0.2, 0.25) is 0 Å². The van der Waals surface area contributed by atoms with E-state index in [1.165, 1.54) is 29.5 Å². The fourth-order valence-electron chi connectivity index (χ4n) is 2.36. The van der Waals surface area contributed by atoms with E-state index >= 15 is 0 Å². The van der Waals surface area contributed by atoms with Crippen molar-refractivity contribution in [3.63, 3.8) is 0 Å². The van der Waals surface area contributed by atoms with Crippen molar-refractivity contribution in [2.24, 2.45) is 12.8 Å². The topological polar surface area (TPSA) is 107 Å². The van der Waals surface area contributed by atoms with E-state index in [4.69, 9.17) is 10.2 Å². The van der Waals surface area contributed by atoms with Gasteiger partial charge in [-0.3, -0.25) is 0 Å². The normalized spacial score (nSPS) is 24.3. The molecule has 3 rings (SSSR count). The van der Waals surface area contributed by atoms with Crippen LogP contribution in [-0.4, -0.2) is 46.4 Å². The zero-order chi connectivity index (χ0) is 14.3. The highest BCUT2D eigenvalue weighted by Crippen LogP contribution is 2.29. The Morgan fingerprint density at radius 2 is 2.20 bits per heavy atom. The van der Waals surface area contributed by atoms with Crippen LogP contribution in [0.5, 0.6) is 0 Å². The minimum Gasteiger partial charge on any atom is -0.451 e. The molecule has 1 aliphatic heterocycles. The highest BCUT2D eigenvalue weighted by Gasteiger charge is 2.40. The lowest BCUT2D eigenvalue weighted by molar-refractivity contribution is 0.467. The number of imidazole rings is 1. The average Bonchev–Trinajstić information content (AvgIpc) is 3.08. The Bertz CT molecular complexity index is 693. The SMILES string of the molecule is Cn1cnc(S(=O)(=O)N2CC(N)C(c3cocn3)C2)c1. The first-order valence-electron chi connectivity index (χ1n) is 6.10. The lowest BCUT2D eigenvalue weighted by atomic mass is 10.0. The number of rotatable bonds is 3. The Kier molecular flexibility index (Phi) is 3.11. The van der Waals surface area contributed by atoms with Gasteiger partial charge in [0, 0.05) is 38.3 Å². The van der Waals surface area contributed by atoms with Crippen molar-refractivity contribution in [2.75, 3.05) is 13.1 Å². The van der Waals surface area contributed by atoms with Gasteiger partial charge in [0.25, 0.3) is 10.0 Å². The Hall–Kier alpha value is -1.71. The molecule has 0 aromatic carbocycles. The maximum absolute atomic E-state index is 12.5. The number of sulfonamides is 1. The van der Waals surface area contributed by atoms with E-state index < -0.39 is 10.0 Å². The Morgan fingerprint density at radius 3 is 2.80 bits per heavy atom. The van der Waals surface area contributed by atoms with Crippen LogP contribution < -0.4 is 5.73 Å². The summed E-state index contributed by atoms with van der Waals surface area (Å²) in [5, 5.41) is 0.0352. The summed E-state index contributed by atoms with van der Waals surface area (Å²) in [7, 11) is -1.89. The third-order valence-corrected chi connectivity index (χ3v) is 5.17. The molecule has 1 aliphatic rings. The summed E-state index contributed by atoms with van der Waals surface area (Å²) in [6.45, 7) is 0.531. The van der Waals surface area contributed by atoms with Crippen molar-refractivity contribution in [3.05, 3.63) is 30.9 Å². The number of nitrogens with zero attached hydrogens (tertiary/aromatic N) is 4. The summed E-state index contributed by atoms with van der Waals surface area (Å²) in [6.07, 6.45) is 5.75. The summed E-state index contributed by atoms with van der Waals surface area (Å²) in [5.74, 6) is -0.160. The minimum atomic E-state index is -3.61. The second kappa shape index (κ2) is 4.69. The smallest absolute Gasteiger partial charge is 0.262 e. The molecule has 2 aromatic heterocycles. The number of aryl methyl sites for hydroxylation is 1. The lowest BCUT2D eigenvalue weighted by Gasteiger charge is -2.13. The first kappa shape index (κ1) is 13.3. The summed E-state index contributed by atoms with van der Waals surface area (Å²) in [6, 6.07) is -0.307.